The third-order valence-corrected chi connectivity index (χ3v) is 4.88. The molecule has 0 bridgehead atoms. The first-order valence-electron chi connectivity index (χ1n) is 5.47. The summed E-state index contributed by atoms with van der Waals surface area (Å²) in [5.41, 5.74) is 0. The molecule has 1 aliphatic rings. The molecular weight excluding hydrogens is 214 g/mol. The highest BCUT2D eigenvalue weighted by Crippen LogP contribution is 2.12. The van der Waals surface area contributed by atoms with E-state index in [2.05, 4.69) is 5.32 Å². The largest absolute Gasteiger partial charge is 0.314 e. The van der Waals surface area contributed by atoms with Crippen LogP contribution in [0, 0.1) is 0 Å². The van der Waals surface area contributed by atoms with Crippen LogP contribution >= 0.6 is 0 Å². The van der Waals surface area contributed by atoms with Crippen molar-refractivity contribution in [2.45, 2.75) is 26.8 Å². The monoisotopic (exact) mass is 235 g/mol. The van der Waals surface area contributed by atoms with E-state index in [9.17, 15) is 8.42 Å². The van der Waals surface area contributed by atoms with Crippen molar-refractivity contribution in [2.24, 2.45) is 0 Å². The predicted octanol–water partition coefficient (Wildman–Crippen LogP) is -0.133. The first-order chi connectivity index (χ1) is 7.00. The third-order valence-electron chi connectivity index (χ3n) is 2.59. The van der Waals surface area contributed by atoms with Gasteiger partial charge < -0.3 is 5.32 Å². The summed E-state index contributed by atoms with van der Waals surface area (Å²) < 4.78 is 27.5. The Morgan fingerprint density at radius 2 is 1.87 bits per heavy atom. The Bertz CT molecular complexity index is 284. The molecule has 0 aliphatic carbocycles. The lowest BCUT2D eigenvalue weighted by Gasteiger charge is -2.33. The zero-order valence-corrected chi connectivity index (χ0v) is 10.5. The van der Waals surface area contributed by atoms with Crippen molar-refractivity contribution < 1.29 is 8.42 Å². The van der Waals surface area contributed by atoms with Crippen LogP contribution in [0.5, 0.6) is 0 Å². The van der Waals surface area contributed by atoms with E-state index >= 15 is 0 Å². The molecule has 0 atom stereocenters. The maximum Gasteiger partial charge on any atom is 0.282 e. The Kier molecular flexibility index (Phi) is 4.51. The number of hydrogen-bond donors (Lipinski definition) is 1. The molecule has 0 aromatic rings. The highest BCUT2D eigenvalue weighted by atomic mass is 32.2. The molecule has 1 aliphatic heterocycles. The average Bonchev–Trinajstić information content (AvgIpc) is 2.19. The van der Waals surface area contributed by atoms with Gasteiger partial charge in [-0.25, -0.2) is 0 Å². The molecule has 1 heterocycles. The number of nitrogens with zero attached hydrogens (tertiary/aromatic N) is 2. The molecule has 6 heteroatoms. The SMILES string of the molecule is CCN(C(C)C)S(=O)(=O)N1CCNCC1. The summed E-state index contributed by atoms with van der Waals surface area (Å²) in [7, 11) is -3.25. The van der Waals surface area contributed by atoms with Crippen LogP contribution in [0.1, 0.15) is 20.8 Å². The lowest BCUT2D eigenvalue weighted by molar-refractivity contribution is 0.294. The maximum absolute atomic E-state index is 12.2. The van der Waals surface area contributed by atoms with Crippen LogP contribution in [0.25, 0.3) is 0 Å². The van der Waals surface area contributed by atoms with Crippen molar-refractivity contribution in [1.29, 1.82) is 0 Å². The molecule has 1 fully saturated rings. The van der Waals surface area contributed by atoms with Crippen LogP contribution in [0.3, 0.4) is 0 Å². The topological polar surface area (TPSA) is 52.7 Å². The molecule has 0 saturated carbocycles. The second kappa shape index (κ2) is 5.25. The van der Waals surface area contributed by atoms with Gasteiger partial charge in [-0.1, -0.05) is 6.92 Å². The van der Waals surface area contributed by atoms with Crippen LogP contribution in [0.4, 0.5) is 0 Å². The van der Waals surface area contributed by atoms with Crippen molar-refractivity contribution in [3.63, 3.8) is 0 Å². The molecule has 0 spiro atoms. The van der Waals surface area contributed by atoms with Crippen molar-refractivity contribution in [3.05, 3.63) is 0 Å². The fourth-order valence-corrected chi connectivity index (χ4v) is 3.62. The Hall–Kier alpha value is -0.170. The molecule has 0 aromatic heterocycles. The fraction of sp³-hybridized carbons (Fsp3) is 1.00. The van der Waals surface area contributed by atoms with Gasteiger partial charge in [-0.2, -0.15) is 17.0 Å². The van der Waals surface area contributed by atoms with Gasteiger partial charge in [0.2, 0.25) is 0 Å². The smallest absolute Gasteiger partial charge is 0.282 e. The van der Waals surface area contributed by atoms with Crippen LogP contribution < -0.4 is 5.32 Å². The summed E-state index contributed by atoms with van der Waals surface area (Å²) >= 11 is 0. The van der Waals surface area contributed by atoms with Crippen molar-refractivity contribution in [3.8, 4) is 0 Å². The van der Waals surface area contributed by atoms with Crippen molar-refractivity contribution in [2.75, 3.05) is 32.7 Å². The molecule has 0 unspecified atom stereocenters. The van der Waals surface area contributed by atoms with Gasteiger partial charge in [0.15, 0.2) is 0 Å². The van der Waals surface area contributed by atoms with Gasteiger partial charge >= 0.3 is 0 Å². The Labute approximate surface area is 92.6 Å². The van der Waals surface area contributed by atoms with E-state index in [1.807, 2.05) is 20.8 Å². The Morgan fingerprint density at radius 3 is 2.27 bits per heavy atom. The molecule has 90 valence electrons. The molecule has 1 N–H and O–H groups in total. The van der Waals surface area contributed by atoms with Gasteiger partial charge in [-0.15, -0.1) is 0 Å². The first kappa shape index (κ1) is 12.9. The Balaban J connectivity index is 2.79. The quantitative estimate of drug-likeness (QED) is 0.738. The maximum atomic E-state index is 12.2. The highest BCUT2D eigenvalue weighted by molar-refractivity contribution is 7.86. The zero-order valence-electron chi connectivity index (χ0n) is 9.73. The fourth-order valence-electron chi connectivity index (χ4n) is 1.82. The minimum Gasteiger partial charge on any atom is -0.314 e. The minimum atomic E-state index is -3.25. The first-order valence-corrected chi connectivity index (χ1v) is 6.87. The van der Waals surface area contributed by atoms with E-state index < -0.39 is 10.2 Å². The molecule has 1 saturated heterocycles. The minimum absolute atomic E-state index is 0.0230. The summed E-state index contributed by atoms with van der Waals surface area (Å²) in [5, 5.41) is 3.15. The number of piperazine rings is 1. The van der Waals surface area contributed by atoms with Crippen LogP contribution in [-0.2, 0) is 10.2 Å². The second-order valence-electron chi connectivity index (χ2n) is 3.95. The van der Waals surface area contributed by atoms with Crippen molar-refractivity contribution >= 4 is 10.2 Å². The van der Waals surface area contributed by atoms with Crippen molar-refractivity contribution in [1.82, 2.24) is 13.9 Å². The molecule has 15 heavy (non-hydrogen) atoms. The molecule has 1 rings (SSSR count). The predicted molar refractivity (Wildman–Crippen MR) is 60.9 cm³/mol. The van der Waals surface area contributed by atoms with Gasteiger partial charge in [0, 0.05) is 38.8 Å². The van der Waals surface area contributed by atoms with Crippen LogP contribution in [0.15, 0.2) is 0 Å². The highest BCUT2D eigenvalue weighted by Gasteiger charge is 2.30. The molecule has 0 aromatic carbocycles. The number of rotatable bonds is 4. The third kappa shape index (κ3) is 2.90. The summed E-state index contributed by atoms with van der Waals surface area (Å²) in [4.78, 5) is 0. The van der Waals surface area contributed by atoms with Gasteiger partial charge in [-0.3, -0.25) is 0 Å². The molecule has 0 amide bonds. The van der Waals surface area contributed by atoms with E-state index in [1.165, 1.54) is 0 Å². The molecular formula is C9H21N3O2S. The standard InChI is InChI=1S/C9H21N3O2S/c1-4-12(9(2)3)15(13,14)11-7-5-10-6-8-11/h9-10H,4-8H2,1-3H3. The number of hydrogen-bond acceptors (Lipinski definition) is 3. The average molecular weight is 235 g/mol. The zero-order chi connectivity index (χ0) is 11.5. The van der Waals surface area contributed by atoms with Gasteiger partial charge in [0.1, 0.15) is 0 Å². The summed E-state index contributed by atoms with van der Waals surface area (Å²) in [6.07, 6.45) is 0. The summed E-state index contributed by atoms with van der Waals surface area (Å²) in [5.74, 6) is 0. The number of nitrogens with one attached hydrogen (secondary N) is 1. The van der Waals surface area contributed by atoms with E-state index in [1.54, 1.807) is 8.61 Å². The Morgan fingerprint density at radius 1 is 1.33 bits per heavy atom. The lowest BCUT2D eigenvalue weighted by Crippen LogP contribution is -2.53. The van der Waals surface area contributed by atoms with Gasteiger partial charge in [-0.05, 0) is 13.8 Å². The normalized spacial score (nSPS) is 20.1. The molecule has 5 nitrogen and oxygen atoms in total. The summed E-state index contributed by atoms with van der Waals surface area (Å²) in [6.45, 7) is 8.86. The van der Waals surface area contributed by atoms with E-state index in [4.69, 9.17) is 0 Å². The van der Waals surface area contributed by atoms with E-state index in [0.29, 0.717) is 19.6 Å². The van der Waals surface area contributed by atoms with Gasteiger partial charge in [0.25, 0.3) is 10.2 Å². The molecule has 0 radical (unpaired) electrons. The van der Waals surface area contributed by atoms with Crippen LogP contribution in [-0.4, -0.2) is 55.8 Å². The second-order valence-corrected chi connectivity index (χ2v) is 5.83. The van der Waals surface area contributed by atoms with E-state index in [0.717, 1.165) is 13.1 Å². The summed E-state index contributed by atoms with van der Waals surface area (Å²) in [6, 6.07) is 0.0230. The lowest BCUT2D eigenvalue weighted by atomic mass is 10.4. The van der Waals surface area contributed by atoms with E-state index in [-0.39, 0.29) is 6.04 Å². The van der Waals surface area contributed by atoms with Gasteiger partial charge in [0.05, 0.1) is 0 Å². The van der Waals surface area contributed by atoms with Crippen LogP contribution in [0.2, 0.25) is 0 Å².